The molecule has 1 aromatic carbocycles. The lowest BCUT2D eigenvalue weighted by Gasteiger charge is -2.38. The van der Waals surface area contributed by atoms with Gasteiger partial charge in [0.15, 0.2) is 5.96 Å². The number of guanidine groups is 1. The number of thiophene rings is 1. The maximum Gasteiger partial charge on any atom is 0.191 e. The zero-order chi connectivity index (χ0) is 19.1. The molecule has 146 valence electrons. The topological polar surface area (TPSA) is 45.7 Å². The minimum absolute atomic E-state index is 0.0678. The Balaban J connectivity index is 1.72. The van der Waals surface area contributed by atoms with Gasteiger partial charge >= 0.3 is 0 Å². The molecule has 1 aliphatic rings. The van der Waals surface area contributed by atoms with Crippen molar-refractivity contribution in [3.05, 3.63) is 57.5 Å². The number of aliphatic imine (C=N–C) groups is 1. The normalized spacial score (nSPS) is 16.9. The van der Waals surface area contributed by atoms with Crippen LogP contribution in [0.15, 0.2) is 41.4 Å². The third-order valence-corrected chi connectivity index (χ3v) is 6.02. The summed E-state index contributed by atoms with van der Waals surface area (Å²) in [4.78, 5) is 7.29. The van der Waals surface area contributed by atoms with Crippen molar-refractivity contribution in [3.8, 4) is 0 Å². The average Bonchev–Trinajstić information content (AvgIpc) is 3.10. The summed E-state index contributed by atoms with van der Waals surface area (Å²) in [5.74, 6) is 0.617. The minimum atomic E-state index is -0.199. The van der Waals surface area contributed by atoms with Crippen molar-refractivity contribution >= 4 is 17.3 Å². The maximum absolute atomic E-state index is 13.4. The molecule has 1 aliphatic heterocycles. The number of rotatable bonds is 6. The smallest absolute Gasteiger partial charge is 0.191 e. The van der Waals surface area contributed by atoms with E-state index in [-0.39, 0.29) is 11.2 Å². The average molecular weight is 390 g/mol. The van der Waals surface area contributed by atoms with Crippen LogP contribution >= 0.6 is 11.3 Å². The summed E-state index contributed by atoms with van der Waals surface area (Å²) in [5.41, 5.74) is 1.09. The molecule has 2 N–H and O–H groups in total. The molecule has 2 aromatic rings. The molecule has 0 atom stereocenters. The second-order valence-corrected chi connectivity index (χ2v) is 8.33. The van der Waals surface area contributed by atoms with Crippen LogP contribution in [0.25, 0.3) is 0 Å². The molecule has 0 aliphatic carbocycles. The molecule has 27 heavy (non-hydrogen) atoms. The predicted molar refractivity (Wildman–Crippen MR) is 110 cm³/mol. The first-order valence-corrected chi connectivity index (χ1v) is 10.3. The van der Waals surface area contributed by atoms with Crippen molar-refractivity contribution < 1.29 is 9.13 Å². The highest BCUT2D eigenvalue weighted by Gasteiger charge is 2.34. The van der Waals surface area contributed by atoms with Gasteiger partial charge in [-0.2, -0.15) is 0 Å². The SMILES string of the molecule is CCNC(=NCc1ccc(C)s1)NCC1(c2ccc(F)cc2)CCOCC1. The fourth-order valence-corrected chi connectivity index (χ4v) is 4.27. The summed E-state index contributed by atoms with van der Waals surface area (Å²) in [6, 6.07) is 11.2. The Morgan fingerprint density at radius 3 is 2.52 bits per heavy atom. The molecule has 0 spiro atoms. The molecule has 4 nitrogen and oxygen atoms in total. The third kappa shape index (κ3) is 5.30. The first-order valence-electron chi connectivity index (χ1n) is 9.52. The van der Waals surface area contributed by atoms with Crippen LogP contribution < -0.4 is 10.6 Å². The number of hydrogen-bond acceptors (Lipinski definition) is 3. The van der Waals surface area contributed by atoms with Gasteiger partial charge < -0.3 is 15.4 Å². The van der Waals surface area contributed by atoms with Gasteiger partial charge in [0.1, 0.15) is 5.82 Å². The summed E-state index contributed by atoms with van der Waals surface area (Å²) in [7, 11) is 0. The number of nitrogens with one attached hydrogen (secondary N) is 2. The lowest BCUT2D eigenvalue weighted by atomic mass is 9.74. The predicted octanol–water partition coefficient (Wildman–Crippen LogP) is 4.00. The van der Waals surface area contributed by atoms with Crippen molar-refractivity contribution in [2.24, 2.45) is 4.99 Å². The Kier molecular flexibility index (Phi) is 6.85. The highest BCUT2D eigenvalue weighted by molar-refractivity contribution is 7.11. The molecule has 6 heteroatoms. The second-order valence-electron chi connectivity index (χ2n) is 6.96. The molecule has 3 rings (SSSR count). The lowest BCUT2D eigenvalue weighted by Crippen LogP contribution is -2.48. The number of aryl methyl sites for hydroxylation is 1. The van der Waals surface area contributed by atoms with Gasteiger partial charge in [0.25, 0.3) is 0 Å². The van der Waals surface area contributed by atoms with E-state index in [0.29, 0.717) is 6.54 Å². The van der Waals surface area contributed by atoms with Crippen LogP contribution in [0.1, 0.15) is 35.1 Å². The summed E-state index contributed by atoms with van der Waals surface area (Å²) < 4.78 is 19.0. The molecule has 1 fully saturated rings. The molecular weight excluding hydrogens is 361 g/mol. The monoisotopic (exact) mass is 389 g/mol. The zero-order valence-electron chi connectivity index (χ0n) is 16.1. The summed E-state index contributed by atoms with van der Waals surface area (Å²) in [5, 5.41) is 6.84. The molecule has 0 bridgehead atoms. The fraction of sp³-hybridized carbons (Fsp3) is 0.476. The standard InChI is InChI=1S/C21H28FN3OS/c1-3-23-20(24-14-19-9-4-16(2)27-19)25-15-21(10-12-26-13-11-21)17-5-7-18(22)8-6-17/h4-9H,3,10-15H2,1-2H3,(H2,23,24,25). The highest BCUT2D eigenvalue weighted by atomic mass is 32.1. The number of nitrogens with zero attached hydrogens (tertiary/aromatic N) is 1. The van der Waals surface area contributed by atoms with Crippen molar-refractivity contribution in [3.63, 3.8) is 0 Å². The number of hydrogen-bond donors (Lipinski definition) is 2. The first kappa shape index (κ1) is 19.8. The van der Waals surface area contributed by atoms with Crippen molar-refractivity contribution in [2.75, 3.05) is 26.3 Å². The summed E-state index contributed by atoms with van der Waals surface area (Å²) in [6.45, 7) is 7.85. The Bertz CT molecular complexity index is 751. The number of ether oxygens (including phenoxy) is 1. The maximum atomic E-state index is 13.4. The van der Waals surface area contributed by atoms with E-state index in [1.807, 2.05) is 12.1 Å². The van der Waals surface area contributed by atoms with Crippen LogP contribution in [0.5, 0.6) is 0 Å². The fourth-order valence-electron chi connectivity index (χ4n) is 3.45. The number of halogens is 1. The van der Waals surface area contributed by atoms with Crippen LogP contribution in [0.4, 0.5) is 4.39 Å². The van der Waals surface area contributed by atoms with Gasteiger partial charge in [-0.15, -0.1) is 11.3 Å². The van der Waals surface area contributed by atoms with Gasteiger partial charge in [0.05, 0.1) is 6.54 Å². The van der Waals surface area contributed by atoms with Gasteiger partial charge in [0, 0.05) is 41.5 Å². The van der Waals surface area contributed by atoms with Gasteiger partial charge in [0.2, 0.25) is 0 Å². The molecule has 0 amide bonds. The Morgan fingerprint density at radius 1 is 1.15 bits per heavy atom. The summed E-state index contributed by atoms with van der Waals surface area (Å²) >= 11 is 1.78. The lowest BCUT2D eigenvalue weighted by molar-refractivity contribution is 0.0513. The quantitative estimate of drug-likeness (QED) is 0.580. The Morgan fingerprint density at radius 2 is 1.89 bits per heavy atom. The van der Waals surface area contributed by atoms with Crippen molar-refractivity contribution in [2.45, 2.75) is 38.6 Å². The highest BCUT2D eigenvalue weighted by Crippen LogP contribution is 2.34. The van der Waals surface area contributed by atoms with E-state index in [1.165, 1.54) is 9.75 Å². The van der Waals surface area contributed by atoms with E-state index in [4.69, 9.17) is 9.73 Å². The van der Waals surface area contributed by atoms with E-state index in [2.05, 4.69) is 36.6 Å². The molecule has 1 aromatic heterocycles. The molecule has 0 saturated carbocycles. The van der Waals surface area contributed by atoms with Crippen LogP contribution in [0.2, 0.25) is 0 Å². The number of benzene rings is 1. The van der Waals surface area contributed by atoms with Crippen molar-refractivity contribution in [1.29, 1.82) is 0 Å². The zero-order valence-corrected chi connectivity index (χ0v) is 16.9. The van der Waals surface area contributed by atoms with E-state index >= 15 is 0 Å². The second kappa shape index (κ2) is 9.33. The van der Waals surface area contributed by atoms with Crippen LogP contribution in [-0.2, 0) is 16.7 Å². The third-order valence-electron chi connectivity index (χ3n) is 5.03. The van der Waals surface area contributed by atoms with Gasteiger partial charge in [-0.1, -0.05) is 12.1 Å². The summed E-state index contributed by atoms with van der Waals surface area (Å²) in [6.07, 6.45) is 1.82. The van der Waals surface area contributed by atoms with E-state index in [0.717, 1.165) is 50.7 Å². The van der Waals surface area contributed by atoms with E-state index in [1.54, 1.807) is 23.5 Å². The molecule has 0 unspecified atom stereocenters. The van der Waals surface area contributed by atoms with Crippen molar-refractivity contribution in [1.82, 2.24) is 10.6 Å². The van der Waals surface area contributed by atoms with E-state index in [9.17, 15) is 4.39 Å². The minimum Gasteiger partial charge on any atom is -0.381 e. The molecular formula is C21H28FN3OS. The first-order chi connectivity index (χ1) is 13.1. The molecule has 1 saturated heterocycles. The van der Waals surface area contributed by atoms with Gasteiger partial charge in [-0.25, -0.2) is 9.38 Å². The Hall–Kier alpha value is -1.92. The van der Waals surface area contributed by atoms with E-state index < -0.39 is 0 Å². The molecule has 2 heterocycles. The van der Waals surface area contributed by atoms with Gasteiger partial charge in [-0.05, 0) is 56.5 Å². The Labute approximate surface area is 164 Å². The largest absolute Gasteiger partial charge is 0.381 e. The van der Waals surface area contributed by atoms with Crippen LogP contribution in [0, 0.1) is 12.7 Å². The molecule has 0 radical (unpaired) electrons. The van der Waals surface area contributed by atoms with Crippen LogP contribution in [-0.4, -0.2) is 32.3 Å². The van der Waals surface area contributed by atoms with Crippen LogP contribution in [0.3, 0.4) is 0 Å². The van der Waals surface area contributed by atoms with Gasteiger partial charge in [-0.3, -0.25) is 0 Å².